The van der Waals surface area contributed by atoms with E-state index in [2.05, 4.69) is 4.98 Å². The second kappa shape index (κ2) is 6.29. The zero-order valence-corrected chi connectivity index (χ0v) is 10.9. The molecule has 0 spiro atoms. The molecule has 4 heteroatoms. The fourth-order valence-electron chi connectivity index (χ4n) is 2.04. The summed E-state index contributed by atoms with van der Waals surface area (Å²) in [6.45, 7) is 2.13. The standard InChI is InChI=1S/C15H17NO3/c1-2-19-14(18)9-8-13(17)12-7-3-5-11-6-4-10-16-15(11)12/h3-7,10,13,17H,2,8-9H2,1H3. The Labute approximate surface area is 112 Å². The van der Waals surface area contributed by atoms with E-state index < -0.39 is 6.10 Å². The summed E-state index contributed by atoms with van der Waals surface area (Å²) in [5, 5.41) is 11.2. The third kappa shape index (κ3) is 3.29. The first-order valence-corrected chi connectivity index (χ1v) is 6.39. The number of hydrogen-bond acceptors (Lipinski definition) is 4. The molecule has 4 nitrogen and oxygen atoms in total. The normalized spacial score (nSPS) is 12.3. The van der Waals surface area contributed by atoms with Crippen molar-refractivity contribution in [3.63, 3.8) is 0 Å². The Kier molecular flexibility index (Phi) is 4.47. The summed E-state index contributed by atoms with van der Waals surface area (Å²) in [5.74, 6) is -0.283. The smallest absolute Gasteiger partial charge is 0.305 e. The monoisotopic (exact) mass is 259 g/mol. The largest absolute Gasteiger partial charge is 0.466 e. The molecule has 0 aliphatic carbocycles. The van der Waals surface area contributed by atoms with Crippen molar-refractivity contribution in [1.29, 1.82) is 0 Å². The Morgan fingerprint density at radius 1 is 1.37 bits per heavy atom. The molecule has 1 aromatic heterocycles. The van der Waals surface area contributed by atoms with Crippen molar-refractivity contribution >= 4 is 16.9 Å². The zero-order valence-electron chi connectivity index (χ0n) is 10.9. The van der Waals surface area contributed by atoms with Gasteiger partial charge < -0.3 is 9.84 Å². The van der Waals surface area contributed by atoms with Gasteiger partial charge in [-0.05, 0) is 19.4 Å². The average Bonchev–Trinajstić information content (AvgIpc) is 2.44. The Hall–Kier alpha value is -1.94. The Morgan fingerprint density at radius 3 is 2.95 bits per heavy atom. The topological polar surface area (TPSA) is 59.4 Å². The highest BCUT2D eigenvalue weighted by molar-refractivity contribution is 5.81. The van der Waals surface area contributed by atoms with Crippen LogP contribution in [0.3, 0.4) is 0 Å². The van der Waals surface area contributed by atoms with Crippen molar-refractivity contribution in [3.8, 4) is 0 Å². The Balaban J connectivity index is 2.13. The van der Waals surface area contributed by atoms with Gasteiger partial charge in [0.1, 0.15) is 0 Å². The summed E-state index contributed by atoms with van der Waals surface area (Å²) in [7, 11) is 0. The van der Waals surface area contributed by atoms with Crippen molar-refractivity contribution in [2.45, 2.75) is 25.9 Å². The van der Waals surface area contributed by atoms with Gasteiger partial charge >= 0.3 is 5.97 Å². The van der Waals surface area contributed by atoms with Crippen LogP contribution in [0.2, 0.25) is 0 Å². The van der Waals surface area contributed by atoms with Gasteiger partial charge in [0.2, 0.25) is 0 Å². The van der Waals surface area contributed by atoms with Crippen LogP contribution in [-0.4, -0.2) is 22.7 Å². The number of hydrogen-bond donors (Lipinski definition) is 1. The highest BCUT2D eigenvalue weighted by atomic mass is 16.5. The highest BCUT2D eigenvalue weighted by Gasteiger charge is 2.14. The van der Waals surface area contributed by atoms with Crippen LogP contribution >= 0.6 is 0 Å². The second-order valence-corrected chi connectivity index (χ2v) is 4.28. The Morgan fingerprint density at radius 2 is 2.16 bits per heavy atom. The molecular formula is C15H17NO3. The van der Waals surface area contributed by atoms with Gasteiger partial charge in [0.15, 0.2) is 0 Å². The number of carbonyl (C=O) groups excluding carboxylic acids is 1. The number of aliphatic hydroxyl groups is 1. The fourth-order valence-corrected chi connectivity index (χ4v) is 2.04. The summed E-state index contributed by atoms with van der Waals surface area (Å²) >= 11 is 0. The predicted molar refractivity (Wildman–Crippen MR) is 72.6 cm³/mol. The van der Waals surface area contributed by atoms with Crippen LogP contribution in [0.25, 0.3) is 10.9 Å². The van der Waals surface area contributed by atoms with Crippen LogP contribution in [0.5, 0.6) is 0 Å². The minimum Gasteiger partial charge on any atom is -0.466 e. The number of rotatable bonds is 5. The molecular weight excluding hydrogens is 242 g/mol. The molecule has 100 valence electrons. The molecule has 0 fully saturated rings. The van der Waals surface area contributed by atoms with Gasteiger partial charge in [-0.3, -0.25) is 9.78 Å². The summed E-state index contributed by atoms with van der Waals surface area (Å²) in [4.78, 5) is 15.6. The first-order chi connectivity index (χ1) is 9.22. The number of pyridine rings is 1. The van der Waals surface area contributed by atoms with E-state index in [0.29, 0.717) is 13.0 Å². The fraction of sp³-hybridized carbons (Fsp3) is 0.333. The molecule has 0 saturated carbocycles. The number of nitrogens with zero attached hydrogens (tertiary/aromatic N) is 1. The number of para-hydroxylation sites is 1. The van der Waals surface area contributed by atoms with Gasteiger partial charge in [0.25, 0.3) is 0 Å². The van der Waals surface area contributed by atoms with Crippen molar-refractivity contribution in [1.82, 2.24) is 4.98 Å². The number of fused-ring (bicyclic) bond motifs is 1. The Bertz CT molecular complexity index is 563. The summed E-state index contributed by atoms with van der Waals surface area (Å²) in [6.07, 6.45) is 1.54. The minimum absolute atomic E-state index is 0.207. The van der Waals surface area contributed by atoms with Gasteiger partial charge in [-0.1, -0.05) is 24.3 Å². The molecule has 1 heterocycles. The van der Waals surface area contributed by atoms with E-state index in [1.54, 1.807) is 13.1 Å². The van der Waals surface area contributed by atoms with E-state index in [-0.39, 0.29) is 12.4 Å². The van der Waals surface area contributed by atoms with Crippen LogP contribution in [0.1, 0.15) is 31.4 Å². The summed E-state index contributed by atoms with van der Waals surface area (Å²) in [5.41, 5.74) is 1.53. The van der Waals surface area contributed by atoms with E-state index in [1.165, 1.54) is 0 Å². The highest BCUT2D eigenvalue weighted by Crippen LogP contribution is 2.25. The van der Waals surface area contributed by atoms with Crippen molar-refractivity contribution < 1.29 is 14.6 Å². The maximum absolute atomic E-state index is 11.3. The minimum atomic E-state index is -0.706. The van der Waals surface area contributed by atoms with Crippen molar-refractivity contribution in [2.75, 3.05) is 6.61 Å². The molecule has 1 aromatic carbocycles. The number of esters is 1. The second-order valence-electron chi connectivity index (χ2n) is 4.28. The van der Waals surface area contributed by atoms with Crippen LogP contribution < -0.4 is 0 Å². The first-order valence-electron chi connectivity index (χ1n) is 6.39. The molecule has 1 atom stereocenters. The van der Waals surface area contributed by atoms with E-state index >= 15 is 0 Å². The van der Waals surface area contributed by atoms with Crippen LogP contribution in [0.4, 0.5) is 0 Å². The molecule has 0 bridgehead atoms. The van der Waals surface area contributed by atoms with Gasteiger partial charge in [0, 0.05) is 23.6 Å². The summed E-state index contributed by atoms with van der Waals surface area (Å²) in [6, 6.07) is 9.48. The maximum Gasteiger partial charge on any atom is 0.305 e. The summed E-state index contributed by atoms with van der Waals surface area (Å²) < 4.78 is 4.85. The molecule has 0 aliphatic heterocycles. The zero-order chi connectivity index (χ0) is 13.7. The molecule has 2 aromatic rings. The molecule has 0 radical (unpaired) electrons. The molecule has 19 heavy (non-hydrogen) atoms. The SMILES string of the molecule is CCOC(=O)CCC(O)c1cccc2cccnc12. The lowest BCUT2D eigenvalue weighted by atomic mass is 10.0. The number of benzene rings is 1. The maximum atomic E-state index is 11.3. The van der Waals surface area contributed by atoms with Gasteiger partial charge in [-0.2, -0.15) is 0 Å². The van der Waals surface area contributed by atoms with E-state index in [0.717, 1.165) is 16.5 Å². The number of ether oxygens (including phenoxy) is 1. The van der Waals surface area contributed by atoms with Crippen LogP contribution in [0, 0.1) is 0 Å². The third-order valence-electron chi connectivity index (χ3n) is 2.95. The average molecular weight is 259 g/mol. The number of aliphatic hydroxyl groups excluding tert-OH is 1. The lowest BCUT2D eigenvalue weighted by molar-refractivity contribution is -0.143. The lowest BCUT2D eigenvalue weighted by Crippen LogP contribution is -2.07. The van der Waals surface area contributed by atoms with Gasteiger partial charge in [-0.15, -0.1) is 0 Å². The predicted octanol–water partition coefficient (Wildman–Crippen LogP) is 2.61. The van der Waals surface area contributed by atoms with Crippen molar-refractivity contribution in [3.05, 3.63) is 42.1 Å². The molecule has 0 amide bonds. The van der Waals surface area contributed by atoms with E-state index in [9.17, 15) is 9.90 Å². The van der Waals surface area contributed by atoms with Gasteiger partial charge in [-0.25, -0.2) is 0 Å². The van der Waals surface area contributed by atoms with Crippen LogP contribution in [-0.2, 0) is 9.53 Å². The molecule has 0 saturated heterocycles. The van der Waals surface area contributed by atoms with Gasteiger partial charge in [0.05, 0.1) is 18.2 Å². The number of aromatic nitrogens is 1. The quantitative estimate of drug-likeness (QED) is 0.838. The molecule has 0 aliphatic rings. The molecule has 1 N–H and O–H groups in total. The first kappa shape index (κ1) is 13.5. The van der Waals surface area contributed by atoms with Crippen molar-refractivity contribution in [2.24, 2.45) is 0 Å². The lowest BCUT2D eigenvalue weighted by Gasteiger charge is -2.12. The third-order valence-corrected chi connectivity index (χ3v) is 2.95. The van der Waals surface area contributed by atoms with E-state index in [1.807, 2.05) is 30.3 Å². The van der Waals surface area contributed by atoms with Crippen LogP contribution in [0.15, 0.2) is 36.5 Å². The molecule has 1 unspecified atom stereocenters. The van der Waals surface area contributed by atoms with E-state index in [4.69, 9.17) is 4.74 Å². The molecule has 2 rings (SSSR count). The number of carbonyl (C=O) groups is 1.